The Labute approximate surface area is 198 Å². The molecule has 0 N–H and O–H groups in total. The second-order valence-electron chi connectivity index (χ2n) is 8.20. The van der Waals surface area contributed by atoms with Crippen molar-refractivity contribution in [2.24, 2.45) is 0 Å². The number of anilines is 1. The Hall–Kier alpha value is -3.03. The van der Waals surface area contributed by atoms with Crippen molar-refractivity contribution in [2.75, 3.05) is 10.7 Å². The van der Waals surface area contributed by atoms with E-state index in [0.717, 1.165) is 32.5 Å². The van der Waals surface area contributed by atoms with Crippen LogP contribution in [0, 0.1) is 20.8 Å². The van der Waals surface area contributed by atoms with E-state index in [0.29, 0.717) is 11.7 Å². The van der Waals surface area contributed by atoms with Gasteiger partial charge < -0.3 is 0 Å². The van der Waals surface area contributed by atoms with Crippen molar-refractivity contribution in [1.82, 2.24) is 4.98 Å². The first-order valence-corrected chi connectivity index (χ1v) is 13.2. The highest BCUT2D eigenvalue weighted by atomic mass is 32.2. The molecule has 33 heavy (non-hydrogen) atoms. The molecule has 0 aliphatic rings. The van der Waals surface area contributed by atoms with Gasteiger partial charge in [-0.15, -0.1) is 0 Å². The maximum absolute atomic E-state index is 13.3. The van der Waals surface area contributed by atoms with Gasteiger partial charge in [-0.25, -0.2) is 13.4 Å². The standard InChI is InChI=1S/C26H26N2O3S2/c1-18-9-12-22(13-10-18)33(30,31)16-15-24(29)28(17-21-7-5-4-6-8-21)26-27-25-20(3)19(2)11-14-23(25)32-26/h4-14H,15-17H2,1-3H3. The Morgan fingerprint density at radius 1 is 0.939 bits per heavy atom. The number of benzene rings is 3. The molecule has 1 amide bonds. The molecule has 170 valence electrons. The van der Waals surface area contributed by atoms with E-state index in [1.807, 2.05) is 57.2 Å². The van der Waals surface area contributed by atoms with Crippen LogP contribution in [-0.2, 0) is 21.2 Å². The second-order valence-corrected chi connectivity index (χ2v) is 11.3. The highest BCUT2D eigenvalue weighted by Gasteiger charge is 2.24. The molecular formula is C26H26N2O3S2. The third-order valence-corrected chi connectivity index (χ3v) is 8.53. The van der Waals surface area contributed by atoms with Gasteiger partial charge in [0.05, 0.1) is 27.4 Å². The van der Waals surface area contributed by atoms with E-state index in [4.69, 9.17) is 4.98 Å². The van der Waals surface area contributed by atoms with Crippen LogP contribution >= 0.6 is 11.3 Å². The number of amides is 1. The monoisotopic (exact) mass is 478 g/mol. The molecule has 5 nitrogen and oxygen atoms in total. The Kier molecular flexibility index (Phi) is 6.63. The molecule has 4 aromatic rings. The first kappa shape index (κ1) is 23.1. The Balaban J connectivity index is 1.62. The normalized spacial score (nSPS) is 11.6. The van der Waals surface area contributed by atoms with Crippen molar-refractivity contribution >= 4 is 42.4 Å². The smallest absolute Gasteiger partial charge is 0.230 e. The van der Waals surface area contributed by atoms with E-state index in [1.165, 1.54) is 11.3 Å². The molecule has 1 aromatic heterocycles. The minimum Gasteiger partial charge on any atom is -0.284 e. The van der Waals surface area contributed by atoms with Crippen molar-refractivity contribution < 1.29 is 13.2 Å². The van der Waals surface area contributed by atoms with Gasteiger partial charge in [0.2, 0.25) is 5.91 Å². The van der Waals surface area contributed by atoms with Gasteiger partial charge >= 0.3 is 0 Å². The van der Waals surface area contributed by atoms with E-state index in [2.05, 4.69) is 6.07 Å². The first-order chi connectivity index (χ1) is 15.7. The largest absolute Gasteiger partial charge is 0.284 e. The fourth-order valence-corrected chi connectivity index (χ4v) is 5.85. The summed E-state index contributed by atoms with van der Waals surface area (Å²) in [5.41, 5.74) is 5.06. The van der Waals surface area contributed by atoms with E-state index in [1.54, 1.807) is 29.2 Å². The minimum absolute atomic E-state index is 0.114. The molecule has 0 saturated heterocycles. The lowest BCUT2D eigenvalue weighted by molar-refractivity contribution is -0.118. The fraction of sp³-hybridized carbons (Fsp3) is 0.231. The Morgan fingerprint density at radius 3 is 2.33 bits per heavy atom. The molecule has 1 heterocycles. The molecule has 0 spiro atoms. The average Bonchev–Trinajstić information content (AvgIpc) is 3.24. The van der Waals surface area contributed by atoms with E-state index >= 15 is 0 Å². The van der Waals surface area contributed by atoms with Crippen LogP contribution in [0.1, 0.15) is 28.7 Å². The number of nitrogens with zero attached hydrogens (tertiary/aromatic N) is 2. The lowest BCUT2D eigenvalue weighted by Gasteiger charge is -2.20. The van der Waals surface area contributed by atoms with E-state index < -0.39 is 9.84 Å². The topological polar surface area (TPSA) is 67.3 Å². The van der Waals surface area contributed by atoms with Crippen LogP contribution in [0.4, 0.5) is 5.13 Å². The molecule has 0 atom stereocenters. The number of hydrogen-bond donors (Lipinski definition) is 0. The third kappa shape index (κ3) is 5.15. The summed E-state index contributed by atoms with van der Waals surface area (Å²) in [6, 6.07) is 20.5. The van der Waals surface area contributed by atoms with Crippen LogP contribution in [0.3, 0.4) is 0 Å². The third-order valence-electron chi connectivity index (χ3n) is 5.75. The molecule has 7 heteroatoms. The average molecular weight is 479 g/mol. The molecule has 0 aliphatic heterocycles. The lowest BCUT2D eigenvalue weighted by atomic mass is 10.1. The number of carbonyl (C=O) groups excluding carboxylic acids is 1. The van der Waals surface area contributed by atoms with Crippen LogP contribution in [0.15, 0.2) is 71.6 Å². The van der Waals surface area contributed by atoms with Gasteiger partial charge in [-0.3, -0.25) is 9.69 Å². The van der Waals surface area contributed by atoms with Crippen LogP contribution in [0.25, 0.3) is 10.2 Å². The second kappa shape index (κ2) is 9.45. The Bertz CT molecular complexity index is 1390. The highest BCUT2D eigenvalue weighted by Crippen LogP contribution is 2.33. The molecule has 0 bridgehead atoms. The number of fused-ring (bicyclic) bond motifs is 1. The minimum atomic E-state index is -3.56. The zero-order chi connectivity index (χ0) is 23.6. The van der Waals surface area contributed by atoms with Gasteiger partial charge in [0.1, 0.15) is 0 Å². The van der Waals surface area contributed by atoms with Gasteiger partial charge in [0.15, 0.2) is 15.0 Å². The highest BCUT2D eigenvalue weighted by molar-refractivity contribution is 7.91. The van der Waals surface area contributed by atoms with Crippen LogP contribution < -0.4 is 4.90 Å². The number of hydrogen-bond acceptors (Lipinski definition) is 5. The summed E-state index contributed by atoms with van der Waals surface area (Å²) in [5, 5.41) is 0.584. The number of aryl methyl sites for hydroxylation is 3. The van der Waals surface area contributed by atoms with E-state index in [-0.39, 0.29) is 23.0 Å². The van der Waals surface area contributed by atoms with E-state index in [9.17, 15) is 13.2 Å². The molecule has 0 unspecified atom stereocenters. The molecule has 0 aliphatic carbocycles. The van der Waals surface area contributed by atoms with Crippen LogP contribution in [-0.4, -0.2) is 25.1 Å². The summed E-state index contributed by atoms with van der Waals surface area (Å²) in [5.74, 6) is -0.508. The quantitative estimate of drug-likeness (QED) is 0.346. The summed E-state index contributed by atoms with van der Waals surface area (Å²) in [4.78, 5) is 20.0. The maximum atomic E-state index is 13.3. The van der Waals surface area contributed by atoms with Gasteiger partial charge in [0.25, 0.3) is 0 Å². The van der Waals surface area contributed by atoms with Crippen molar-refractivity contribution in [2.45, 2.75) is 38.6 Å². The number of aromatic nitrogens is 1. The van der Waals surface area contributed by atoms with Gasteiger partial charge in [-0.05, 0) is 55.7 Å². The van der Waals surface area contributed by atoms with Gasteiger partial charge in [-0.1, -0.05) is 65.4 Å². The molecule has 0 saturated carbocycles. The summed E-state index contributed by atoms with van der Waals surface area (Å²) >= 11 is 1.45. The van der Waals surface area contributed by atoms with Gasteiger partial charge in [-0.2, -0.15) is 0 Å². The molecule has 3 aromatic carbocycles. The zero-order valence-electron chi connectivity index (χ0n) is 18.9. The fourth-order valence-electron chi connectivity index (χ4n) is 3.58. The number of rotatable bonds is 7. The van der Waals surface area contributed by atoms with Crippen molar-refractivity contribution in [3.05, 3.63) is 89.0 Å². The SMILES string of the molecule is Cc1ccc(S(=O)(=O)CCC(=O)N(Cc2ccccc2)c2nc3c(C)c(C)ccc3s2)cc1. The summed E-state index contributed by atoms with van der Waals surface area (Å²) in [6.07, 6.45) is -0.114. The predicted octanol–water partition coefficient (Wildman–Crippen LogP) is 5.62. The number of sulfone groups is 1. The lowest BCUT2D eigenvalue weighted by Crippen LogP contribution is -2.31. The van der Waals surface area contributed by atoms with Crippen molar-refractivity contribution in [3.63, 3.8) is 0 Å². The number of carbonyl (C=O) groups is 1. The molecular weight excluding hydrogens is 452 g/mol. The first-order valence-electron chi connectivity index (χ1n) is 10.7. The van der Waals surface area contributed by atoms with Crippen molar-refractivity contribution in [1.29, 1.82) is 0 Å². The maximum Gasteiger partial charge on any atom is 0.230 e. The Morgan fingerprint density at radius 2 is 1.64 bits per heavy atom. The zero-order valence-corrected chi connectivity index (χ0v) is 20.5. The summed E-state index contributed by atoms with van der Waals surface area (Å²) in [7, 11) is -3.56. The predicted molar refractivity (Wildman–Crippen MR) is 135 cm³/mol. The molecule has 0 radical (unpaired) electrons. The summed E-state index contributed by atoms with van der Waals surface area (Å²) in [6.45, 7) is 6.31. The van der Waals surface area contributed by atoms with Crippen molar-refractivity contribution in [3.8, 4) is 0 Å². The molecule has 4 rings (SSSR count). The van der Waals surface area contributed by atoms with Gasteiger partial charge in [0, 0.05) is 6.42 Å². The molecule has 0 fully saturated rings. The van der Waals surface area contributed by atoms with Crippen LogP contribution in [0.5, 0.6) is 0 Å². The van der Waals surface area contributed by atoms with Crippen LogP contribution in [0.2, 0.25) is 0 Å². The number of thiazole rings is 1. The summed E-state index contributed by atoms with van der Waals surface area (Å²) < 4.78 is 26.6.